The van der Waals surface area contributed by atoms with E-state index in [4.69, 9.17) is 10.5 Å². The van der Waals surface area contributed by atoms with Crippen LogP contribution in [0, 0.1) is 6.92 Å². The van der Waals surface area contributed by atoms with Crippen molar-refractivity contribution in [2.75, 3.05) is 24.6 Å². The average Bonchev–Trinajstić information content (AvgIpc) is 2.73. The second-order valence-electron chi connectivity index (χ2n) is 6.66. The third kappa shape index (κ3) is 5.96. The van der Waals surface area contributed by atoms with E-state index < -0.39 is 22.5 Å². The van der Waals surface area contributed by atoms with Crippen LogP contribution in [0.15, 0.2) is 59.5 Å². The van der Waals surface area contributed by atoms with Gasteiger partial charge in [0, 0.05) is 12.7 Å². The molecule has 2 aromatic carbocycles. The topological polar surface area (TPSA) is 140 Å². The molecular weight excluding hydrogens is 420 g/mol. The fraction of sp³-hybridized carbons (Fsp3) is 0.200. The second kappa shape index (κ2) is 9.49. The summed E-state index contributed by atoms with van der Waals surface area (Å²) in [7, 11) is -2.52. The van der Waals surface area contributed by atoms with Gasteiger partial charge in [0.05, 0.1) is 4.90 Å². The standard InChI is InChI=1S/C20H22N6O4S/c1-14-8-10-16(11-9-14)31(28,29)26(2)12-18(27)30-13-17-23-19(21)25-20(24-17)22-15-6-4-3-5-7-15/h3-11H,12-13H2,1-2H3,(H3,21,22,23,24,25). The van der Waals surface area contributed by atoms with Crippen molar-refractivity contribution in [2.45, 2.75) is 18.4 Å². The van der Waals surface area contributed by atoms with Crippen molar-refractivity contribution in [3.63, 3.8) is 0 Å². The number of likely N-dealkylation sites (N-methyl/N-ethyl adjacent to an activating group) is 1. The number of carbonyl (C=O) groups is 1. The molecular formula is C20H22N6O4S. The normalized spacial score (nSPS) is 11.3. The quantitative estimate of drug-likeness (QED) is 0.500. The number of para-hydroxylation sites is 1. The van der Waals surface area contributed by atoms with E-state index in [1.54, 1.807) is 12.1 Å². The number of nitrogens with one attached hydrogen (secondary N) is 1. The minimum atomic E-state index is -3.82. The van der Waals surface area contributed by atoms with E-state index in [0.29, 0.717) is 0 Å². The zero-order valence-corrected chi connectivity index (χ0v) is 17.8. The number of nitrogens with two attached hydrogens (primary N) is 1. The molecule has 0 unspecified atom stereocenters. The van der Waals surface area contributed by atoms with E-state index in [-0.39, 0.29) is 29.2 Å². The number of esters is 1. The van der Waals surface area contributed by atoms with Crippen LogP contribution in [0.3, 0.4) is 0 Å². The van der Waals surface area contributed by atoms with Crippen LogP contribution in [0.1, 0.15) is 11.4 Å². The van der Waals surface area contributed by atoms with Crippen molar-refractivity contribution in [2.24, 2.45) is 0 Å². The monoisotopic (exact) mass is 442 g/mol. The Kier molecular flexibility index (Phi) is 6.78. The Balaban J connectivity index is 1.60. The predicted molar refractivity (Wildman–Crippen MR) is 115 cm³/mol. The Labute approximate surface area is 180 Å². The summed E-state index contributed by atoms with van der Waals surface area (Å²) < 4.78 is 31.2. The highest BCUT2D eigenvalue weighted by Crippen LogP contribution is 2.15. The molecule has 0 atom stereocenters. The van der Waals surface area contributed by atoms with Gasteiger partial charge in [-0.1, -0.05) is 35.9 Å². The molecule has 0 radical (unpaired) electrons. The number of ether oxygens (including phenoxy) is 1. The van der Waals surface area contributed by atoms with Gasteiger partial charge in [-0.2, -0.15) is 19.3 Å². The summed E-state index contributed by atoms with van der Waals surface area (Å²) in [4.78, 5) is 24.4. The Morgan fingerprint density at radius 2 is 1.74 bits per heavy atom. The molecule has 162 valence electrons. The molecule has 0 bridgehead atoms. The van der Waals surface area contributed by atoms with Gasteiger partial charge in [-0.3, -0.25) is 4.79 Å². The maximum absolute atomic E-state index is 12.6. The van der Waals surface area contributed by atoms with Gasteiger partial charge < -0.3 is 15.8 Å². The number of aryl methyl sites for hydroxylation is 1. The number of anilines is 3. The van der Waals surface area contributed by atoms with Gasteiger partial charge in [0.25, 0.3) is 0 Å². The van der Waals surface area contributed by atoms with Crippen LogP contribution < -0.4 is 11.1 Å². The predicted octanol–water partition coefficient (Wildman–Crippen LogP) is 1.87. The highest BCUT2D eigenvalue weighted by molar-refractivity contribution is 7.89. The highest BCUT2D eigenvalue weighted by Gasteiger charge is 2.23. The van der Waals surface area contributed by atoms with Crippen molar-refractivity contribution >= 4 is 33.6 Å². The van der Waals surface area contributed by atoms with E-state index in [9.17, 15) is 13.2 Å². The van der Waals surface area contributed by atoms with Gasteiger partial charge >= 0.3 is 5.97 Å². The lowest BCUT2D eigenvalue weighted by molar-refractivity contribution is -0.145. The van der Waals surface area contributed by atoms with Crippen molar-refractivity contribution < 1.29 is 17.9 Å². The van der Waals surface area contributed by atoms with Crippen LogP contribution in [0.5, 0.6) is 0 Å². The second-order valence-corrected chi connectivity index (χ2v) is 8.70. The Morgan fingerprint density at radius 1 is 1.06 bits per heavy atom. The van der Waals surface area contributed by atoms with Gasteiger partial charge in [-0.05, 0) is 31.2 Å². The molecule has 10 nitrogen and oxygen atoms in total. The van der Waals surface area contributed by atoms with Crippen molar-refractivity contribution in [1.29, 1.82) is 0 Å². The lowest BCUT2D eigenvalue weighted by Crippen LogP contribution is -2.33. The zero-order chi connectivity index (χ0) is 22.4. The SMILES string of the molecule is Cc1ccc(S(=O)(=O)N(C)CC(=O)OCc2nc(N)nc(Nc3ccccc3)n2)cc1. The molecule has 3 N–H and O–H groups in total. The van der Waals surface area contributed by atoms with Gasteiger partial charge in [-0.15, -0.1) is 0 Å². The molecule has 1 heterocycles. The molecule has 0 aliphatic carbocycles. The van der Waals surface area contributed by atoms with Crippen molar-refractivity contribution in [3.8, 4) is 0 Å². The van der Waals surface area contributed by atoms with E-state index in [2.05, 4.69) is 20.3 Å². The molecule has 0 amide bonds. The van der Waals surface area contributed by atoms with Gasteiger partial charge in [0.15, 0.2) is 12.4 Å². The number of rotatable bonds is 8. The van der Waals surface area contributed by atoms with Crippen LogP contribution in [0.25, 0.3) is 0 Å². The van der Waals surface area contributed by atoms with Crippen LogP contribution in [-0.2, 0) is 26.2 Å². The van der Waals surface area contributed by atoms with E-state index >= 15 is 0 Å². The number of carbonyl (C=O) groups excluding carboxylic acids is 1. The number of benzene rings is 2. The molecule has 0 aliphatic rings. The average molecular weight is 443 g/mol. The molecule has 0 spiro atoms. The smallest absolute Gasteiger partial charge is 0.321 e. The summed E-state index contributed by atoms with van der Waals surface area (Å²) in [5, 5.41) is 2.98. The summed E-state index contributed by atoms with van der Waals surface area (Å²) in [6.45, 7) is 1.10. The number of sulfonamides is 1. The van der Waals surface area contributed by atoms with E-state index in [1.807, 2.05) is 37.3 Å². The minimum absolute atomic E-state index is 0.0430. The Hall–Kier alpha value is -3.57. The maximum Gasteiger partial charge on any atom is 0.321 e. The molecule has 0 saturated carbocycles. The number of aromatic nitrogens is 3. The first-order chi connectivity index (χ1) is 14.7. The Morgan fingerprint density at radius 3 is 2.42 bits per heavy atom. The summed E-state index contributed by atoms with van der Waals surface area (Å²) in [6.07, 6.45) is 0. The third-order valence-corrected chi connectivity index (χ3v) is 5.99. The fourth-order valence-corrected chi connectivity index (χ4v) is 3.67. The van der Waals surface area contributed by atoms with Crippen LogP contribution in [0.4, 0.5) is 17.6 Å². The molecule has 3 rings (SSSR count). The van der Waals surface area contributed by atoms with Gasteiger partial charge in [0.1, 0.15) is 6.54 Å². The Bertz CT molecular complexity index is 1150. The van der Waals surface area contributed by atoms with Gasteiger partial charge in [0.2, 0.25) is 21.9 Å². The van der Waals surface area contributed by atoms with E-state index in [1.165, 1.54) is 19.2 Å². The summed E-state index contributed by atoms with van der Waals surface area (Å²) >= 11 is 0. The lowest BCUT2D eigenvalue weighted by atomic mass is 10.2. The minimum Gasteiger partial charge on any atom is -0.456 e. The highest BCUT2D eigenvalue weighted by atomic mass is 32.2. The van der Waals surface area contributed by atoms with Crippen LogP contribution >= 0.6 is 0 Å². The lowest BCUT2D eigenvalue weighted by Gasteiger charge is -2.16. The maximum atomic E-state index is 12.6. The van der Waals surface area contributed by atoms with Crippen molar-refractivity contribution in [3.05, 3.63) is 66.0 Å². The van der Waals surface area contributed by atoms with Gasteiger partial charge in [-0.25, -0.2) is 8.42 Å². The van der Waals surface area contributed by atoms with E-state index in [0.717, 1.165) is 15.6 Å². The molecule has 0 fully saturated rings. The van der Waals surface area contributed by atoms with Crippen LogP contribution in [-0.4, -0.2) is 47.2 Å². The number of nitrogens with zero attached hydrogens (tertiary/aromatic N) is 4. The summed E-state index contributed by atoms with van der Waals surface area (Å²) in [5.41, 5.74) is 7.38. The summed E-state index contributed by atoms with van der Waals surface area (Å²) in [5.74, 6) is -0.472. The zero-order valence-electron chi connectivity index (χ0n) is 17.0. The largest absolute Gasteiger partial charge is 0.456 e. The number of nitrogen functional groups attached to an aromatic ring is 1. The number of hydrogen-bond acceptors (Lipinski definition) is 9. The summed E-state index contributed by atoms with van der Waals surface area (Å²) in [6, 6.07) is 15.6. The molecule has 0 saturated heterocycles. The van der Waals surface area contributed by atoms with Crippen LogP contribution in [0.2, 0.25) is 0 Å². The first-order valence-electron chi connectivity index (χ1n) is 9.25. The first kappa shape index (κ1) is 22.1. The third-order valence-electron chi connectivity index (χ3n) is 4.17. The molecule has 11 heteroatoms. The molecule has 3 aromatic rings. The first-order valence-corrected chi connectivity index (χ1v) is 10.7. The van der Waals surface area contributed by atoms with Crippen molar-refractivity contribution in [1.82, 2.24) is 19.3 Å². The fourth-order valence-electron chi connectivity index (χ4n) is 2.56. The molecule has 1 aromatic heterocycles. The molecule has 0 aliphatic heterocycles. The number of hydrogen-bond donors (Lipinski definition) is 2. The molecule has 31 heavy (non-hydrogen) atoms.